The summed E-state index contributed by atoms with van der Waals surface area (Å²) in [5.74, 6) is 0.593. The Hall–Kier alpha value is -1.55. The van der Waals surface area contributed by atoms with Gasteiger partial charge in [-0.15, -0.1) is 0 Å². The highest BCUT2D eigenvalue weighted by atomic mass is 35.5. The molecule has 0 atom stereocenters. The Kier molecular flexibility index (Phi) is 2.13. The Morgan fingerprint density at radius 3 is 2.79 bits per heavy atom. The maximum absolute atomic E-state index is 5.80. The predicted molar refractivity (Wildman–Crippen MR) is 53.9 cm³/mol. The minimum Gasteiger partial charge on any atom is -0.424 e. The number of nitrogens with zero attached hydrogens (tertiary/aromatic N) is 2. The van der Waals surface area contributed by atoms with Crippen LogP contribution >= 0.6 is 11.6 Å². The van der Waals surface area contributed by atoms with Crippen LogP contribution < -0.4 is 5.73 Å². The number of aromatic nitrogens is 2. The number of pyridine rings is 1. The molecule has 2 heterocycles. The molecule has 0 aliphatic heterocycles. The van der Waals surface area contributed by atoms with Crippen molar-refractivity contribution in [2.24, 2.45) is 0 Å². The van der Waals surface area contributed by atoms with E-state index in [0.29, 0.717) is 10.9 Å². The molecule has 0 saturated heterocycles. The summed E-state index contributed by atoms with van der Waals surface area (Å²) < 4.78 is 5.16. The summed E-state index contributed by atoms with van der Waals surface area (Å²) in [5, 5.41) is 0.426. The van der Waals surface area contributed by atoms with E-state index in [4.69, 9.17) is 21.8 Å². The second-order valence-corrected chi connectivity index (χ2v) is 3.27. The highest BCUT2D eigenvalue weighted by Crippen LogP contribution is 2.23. The van der Waals surface area contributed by atoms with Gasteiger partial charge in [-0.05, 0) is 19.1 Å². The number of hydrogen-bond acceptors (Lipinski definition) is 4. The predicted octanol–water partition coefficient (Wildman–Crippen LogP) is 2.28. The summed E-state index contributed by atoms with van der Waals surface area (Å²) >= 11 is 5.80. The fraction of sp³-hybridized carbons (Fsp3) is 0.111. The van der Waals surface area contributed by atoms with Crippen molar-refractivity contribution in [1.82, 2.24) is 9.97 Å². The number of aryl methyl sites for hydroxylation is 1. The van der Waals surface area contributed by atoms with Gasteiger partial charge in [0.2, 0.25) is 0 Å². The van der Waals surface area contributed by atoms with Crippen LogP contribution in [0.4, 0.5) is 6.01 Å². The lowest BCUT2D eigenvalue weighted by Crippen LogP contribution is -1.83. The summed E-state index contributed by atoms with van der Waals surface area (Å²) in [6.07, 6.45) is 1.56. The average Bonchev–Trinajstić information content (AvgIpc) is 2.50. The number of hydrogen-bond donors (Lipinski definition) is 1. The van der Waals surface area contributed by atoms with Gasteiger partial charge in [-0.2, -0.15) is 0 Å². The normalized spacial score (nSPS) is 10.4. The van der Waals surface area contributed by atoms with Crippen LogP contribution in [0, 0.1) is 6.92 Å². The quantitative estimate of drug-likeness (QED) is 0.732. The smallest absolute Gasteiger partial charge is 0.292 e. The second-order valence-electron chi connectivity index (χ2n) is 2.88. The van der Waals surface area contributed by atoms with Crippen LogP contribution in [0.2, 0.25) is 5.15 Å². The molecule has 4 nitrogen and oxygen atoms in total. The van der Waals surface area contributed by atoms with E-state index in [-0.39, 0.29) is 6.01 Å². The van der Waals surface area contributed by atoms with Crippen molar-refractivity contribution < 1.29 is 4.42 Å². The number of nitrogens with two attached hydrogens (primary N) is 1. The maximum atomic E-state index is 5.80. The van der Waals surface area contributed by atoms with Gasteiger partial charge < -0.3 is 10.2 Å². The molecule has 2 aromatic heterocycles. The van der Waals surface area contributed by atoms with Crippen LogP contribution in [-0.4, -0.2) is 9.97 Å². The van der Waals surface area contributed by atoms with Gasteiger partial charge in [0.25, 0.3) is 6.01 Å². The van der Waals surface area contributed by atoms with Gasteiger partial charge in [0.15, 0.2) is 5.76 Å². The third kappa shape index (κ3) is 1.70. The van der Waals surface area contributed by atoms with Crippen LogP contribution in [0.3, 0.4) is 0 Å². The van der Waals surface area contributed by atoms with Gasteiger partial charge in [-0.3, -0.25) is 0 Å². The highest BCUT2D eigenvalue weighted by Gasteiger charge is 2.06. The molecule has 0 aliphatic carbocycles. The van der Waals surface area contributed by atoms with Crippen molar-refractivity contribution in [2.75, 3.05) is 5.73 Å². The molecule has 0 fully saturated rings. The molecule has 14 heavy (non-hydrogen) atoms. The van der Waals surface area contributed by atoms with E-state index in [9.17, 15) is 0 Å². The molecule has 0 bridgehead atoms. The second kappa shape index (κ2) is 3.31. The van der Waals surface area contributed by atoms with E-state index in [1.54, 1.807) is 12.3 Å². The zero-order valence-electron chi connectivity index (χ0n) is 7.49. The van der Waals surface area contributed by atoms with Crippen LogP contribution in [0.25, 0.3) is 11.3 Å². The first-order chi connectivity index (χ1) is 6.65. The summed E-state index contributed by atoms with van der Waals surface area (Å²) in [6, 6.07) is 3.70. The number of rotatable bonds is 1. The lowest BCUT2D eigenvalue weighted by atomic mass is 10.2. The molecule has 5 heteroatoms. The third-order valence-electron chi connectivity index (χ3n) is 1.73. The summed E-state index contributed by atoms with van der Waals surface area (Å²) in [7, 11) is 0. The standard InChI is InChI=1S/C9H8ClN3O/c1-5-2-6(3-8(10)13-5)7-4-12-9(11)14-7/h2-4H,1H3,(H2,11,12). The molecular formula is C9H8ClN3O. The SMILES string of the molecule is Cc1cc(-c2cnc(N)o2)cc(Cl)n1. The number of oxazole rings is 1. The zero-order chi connectivity index (χ0) is 10.1. The van der Waals surface area contributed by atoms with Crippen molar-refractivity contribution in [3.05, 3.63) is 29.2 Å². The van der Waals surface area contributed by atoms with E-state index in [2.05, 4.69) is 9.97 Å². The lowest BCUT2D eigenvalue weighted by Gasteiger charge is -1.98. The van der Waals surface area contributed by atoms with Gasteiger partial charge in [-0.25, -0.2) is 9.97 Å². The molecule has 0 aliphatic rings. The Morgan fingerprint density at radius 1 is 1.43 bits per heavy atom. The molecule has 0 radical (unpaired) electrons. The molecule has 0 unspecified atom stereocenters. The molecule has 2 rings (SSSR count). The molecule has 2 N–H and O–H groups in total. The van der Waals surface area contributed by atoms with Crippen molar-refractivity contribution in [2.45, 2.75) is 6.92 Å². The van der Waals surface area contributed by atoms with Crippen LogP contribution in [-0.2, 0) is 0 Å². The number of nitrogen functional groups attached to an aromatic ring is 1. The largest absolute Gasteiger partial charge is 0.424 e. The van der Waals surface area contributed by atoms with Crippen molar-refractivity contribution >= 4 is 17.6 Å². The first-order valence-corrected chi connectivity index (χ1v) is 4.39. The third-order valence-corrected chi connectivity index (χ3v) is 1.92. The topological polar surface area (TPSA) is 64.9 Å². The Bertz CT molecular complexity index is 447. The maximum Gasteiger partial charge on any atom is 0.292 e. The van der Waals surface area contributed by atoms with Crippen molar-refractivity contribution in [3.8, 4) is 11.3 Å². The fourth-order valence-corrected chi connectivity index (χ4v) is 1.44. The van der Waals surface area contributed by atoms with Crippen molar-refractivity contribution in [1.29, 1.82) is 0 Å². The zero-order valence-corrected chi connectivity index (χ0v) is 8.25. The van der Waals surface area contributed by atoms with Crippen LogP contribution in [0.15, 0.2) is 22.7 Å². The number of halogens is 1. The first kappa shape index (κ1) is 9.02. The lowest BCUT2D eigenvalue weighted by molar-refractivity contribution is 0.594. The molecule has 0 aromatic carbocycles. The summed E-state index contributed by atoms with van der Waals surface area (Å²) in [5.41, 5.74) is 7.01. The van der Waals surface area contributed by atoms with Gasteiger partial charge in [0.05, 0.1) is 6.20 Å². The van der Waals surface area contributed by atoms with E-state index in [0.717, 1.165) is 11.3 Å². The highest BCUT2D eigenvalue weighted by molar-refractivity contribution is 6.29. The van der Waals surface area contributed by atoms with Gasteiger partial charge in [0, 0.05) is 11.3 Å². The number of anilines is 1. The Balaban J connectivity index is 2.51. The van der Waals surface area contributed by atoms with Gasteiger partial charge in [0.1, 0.15) is 5.15 Å². The van der Waals surface area contributed by atoms with E-state index in [1.807, 2.05) is 13.0 Å². The minimum atomic E-state index is 0.144. The van der Waals surface area contributed by atoms with Gasteiger partial charge >= 0.3 is 0 Å². The summed E-state index contributed by atoms with van der Waals surface area (Å²) in [4.78, 5) is 7.84. The van der Waals surface area contributed by atoms with Gasteiger partial charge in [-0.1, -0.05) is 11.6 Å². The molecule has 72 valence electrons. The van der Waals surface area contributed by atoms with E-state index in [1.165, 1.54) is 0 Å². The molecule has 0 spiro atoms. The Labute approximate surface area is 85.7 Å². The summed E-state index contributed by atoms with van der Waals surface area (Å²) in [6.45, 7) is 1.86. The average molecular weight is 210 g/mol. The molecule has 2 aromatic rings. The molecular weight excluding hydrogens is 202 g/mol. The van der Waals surface area contributed by atoms with Crippen molar-refractivity contribution in [3.63, 3.8) is 0 Å². The molecule has 0 amide bonds. The monoisotopic (exact) mass is 209 g/mol. The van der Waals surface area contributed by atoms with E-state index >= 15 is 0 Å². The van der Waals surface area contributed by atoms with Crippen LogP contribution in [0.5, 0.6) is 0 Å². The van der Waals surface area contributed by atoms with E-state index < -0.39 is 0 Å². The first-order valence-electron chi connectivity index (χ1n) is 4.01. The van der Waals surface area contributed by atoms with Crippen LogP contribution in [0.1, 0.15) is 5.69 Å². The Morgan fingerprint density at radius 2 is 2.21 bits per heavy atom. The fourth-order valence-electron chi connectivity index (χ4n) is 1.19. The minimum absolute atomic E-state index is 0.144. The molecule has 0 saturated carbocycles.